The number of rotatable bonds is 2. The zero-order valence-corrected chi connectivity index (χ0v) is 14.5. The van der Waals surface area contributed by atoms with E-state index in [-0.39, 0.29) is 0 Å². The topological polar surface area (TPSA) is 57.2 Å². The minimum absolute atomic E-state index is 0.618. The quantitative estimate of drug-likeness (QED) is 0.569. The molecule has 0 aliphatic rings. The molecule has 0 unspecified atom stereocenters. The molecule has 0 aliphatic heterocycles. The highest BCUT2D eigenvalue weighted by molar-refractivity contribution is 5.98. The van der Waals surface area contributed by atoms with Crippen molar-refractivity contribution in [3.63, 3.8) is 0 Å². The molecular weight excluding hydrogens is 302 g/mol. The number of imidazole rings is 1. The van der Waals surface area contributed by atoms with Gasteiger partial charge in [-0.2, -0.15) is 5.10 Å². The summed E-state index contributed by atoms with van der Waals surface area (Å²) in [5, 5.41) is 9.51. The first-order valence-corrected chi connectivity index (χ1v) is 7.83. The van der Waals surface area contributed by atoms with Crippen LogP contribution in [0.25, 0.3) is 27.9 Å². The summed E-state index contributed by atoms with van der Waals surface area (Å²) in [5.74, 6) is 1.46. The van der Waals surface area contributed by atoms with Gasteiger partial charge in [0, 0.05) is 41.1 Å². The first-order chi connectivity index (χ1) is 11.5. The highest BCUT2D eigenvalue weighted by Crippen LogP contribution is 2.35. The van der Waals surface area contributed by atoms with Crippen LogP contribution < -0.4 is 4.74 Å². The third kappa shape index (κ3) is 1.92. The number of aromatic nitrogens is 5. The molecule has 4 rings (SSSR count). The van der Waals surface area contributed by atoms with Crippen LogP contribution in [0.5, 0.6) is 5.75 Å². The molecule has 0 amide bonds. The molecule has 24 heavy (non-hydrogen) atoms. The van der Waals surface area contributed by atoms with Gasteiger partial charge < -0.3 is 9.30 Å². The molecule has 0 spiro atoms. The van der Waals surface area contributed by atoms with Crippen LogP contribution in [0, 0.1) is 20.8 Å². The van der Waals surface area contributed by atoms with Gasteiger partial charge in [-0.25, -0.2) is 4.98 Å². The fraction of sp³-hybridized carbons (Fsp3) is 0.278. The van der Waals surface area contributed by atoms with Crippen molar-refractivity contribution in [3.05, 3.63) is 41.5 Å². The van der Waals surface area contributed by atoms with E-state index in [1.54, 1.807) is 7.11 Å². The van der Waals surface area contributed by atoms with Crippen molar-refractivity contribution in [3.8, 4) is 17.0 Å². The standard InChI is InChI=1S/C18H19N5O/c1-10-11(2)23-9-15(19-18(23)21-20-10)17-12(3)22(4)16-7-6-13(24-5)8-14(16)17/h6-9H,1-5H3. The molecule has 0 N–H and O–H groups in total. The first-order valence-electron chi connectivity index (χ1n) is 7.83. The van der Waals surface area contributed by atoms with Gasteiger partial charge in [-0.1, -0.05) is 0 Å². The monoisotopic (exact) mass is 321 g/mol. The Kier molecular flexibility index (Phi) is 3.09. The Labute approximate surface area is 139 Å². The zero-order chi connectivity index (χ0) is 17.0. The van der Waals surface area contributed by atoms with E-state index in [0.717, 1.165) is 45.0 Å². The van der Waals surface area contributed by atoms with Crippen molar-refractivity contribution in [1.82, 2.24) is 24.1 Å². The third-order valence-corrected chi connectivity index (χ3v) is 4.82. The minimum Gasteiger partial charge on any atom is -0.497 e. The lowest BCUT2D eigenvalue weighted by Crippen LogP contribution is -1.99. The van der Waals surface area contributed by atoms with Crippen molar-refractivity contribution in [2.24, 2.45) is 7.05 Å². The lowest BCUT2D eigenvalue weighted by atomic mass is 10.1. The smallest absolute Gasteiger partial charge is 0.254 e. The van der Waals surface area contributed by atoms with Crippen LogP contribution in [0.15, 0.2) is 24.4 Å². The number of nitrogens with zero attached hydrogens (tertiary/aromatic N) is 5. The second-order valence-corrected chi connectivity index (χ2v) is 6.07. The molecule has 0 fully saturated rings. The second kappa shape index (κ2) is 5.06. The Bertz CT molecular complexity index is 1090. The highest BCUT2D eigenvalue weighted by Gasteiger charge is 2.18. The molecule has 4 aromatic rings. The van der Waals surface area contributed by atoms with Crippen molar-refractivity contribution < 1.29 is 4.74 Å². The molecule has 0 aliphatic carbocycles. The van der Waals surface area contributed by atoms with E-state index < -0.39 is 0 Å². The molecule has 0 radical (unpaired) electrons. The van der Waals surface area contributed by atoms with Crippen LogP contribution in [0.4, 0.5) is 0 Å². The van der Waals surface area contributed by atoms with Gasteiger partial charge in [-0.3, -0.25) is 4.40 Å². The van der Waals surface area contributed by atoms with Crippen molar-refractivity contribution in [2.75, 3.05) is 7.11 Å². The summed E-state index contributed by atoms with van der Waals surface area (Å²) < 4.78 is 9.57. The SMILES string of the molecule is COc1ccc2c(c1)c(-c1cn3c(C)c(C)nnc3n1)c(C)n2C. The normalized spacial score (nSPS) is 11.5. The summed E-state index contributed by atoms with van der Waals surface area (Å²) in [6.45, 7) is 6.09. The molecule has 6 nitrogen and oxygen atoms in total. The third-order valence-electron chi connectivity index (χ3n) is 4.82. The summed E-state index contributed by atoms with van der Waals surface area (Å²) in [4.78, 5) is 4.70. The molecule has 0 atom stereocenters. The predicted molar refractivity (Wildman–Crippen MR) is 93.5 cm³/mol. The number of fused-ring (bicyclic) bond motifs is 2. The average Bonchev–Trinajstić information content (AvgIpc) is 3.11. The van der Waals surface area contributed by atoms with Crippen LogP contribution in [0.2, 0.25) is 0 Å². The Morgan fingerprint density at radius 2 is 1.83 bits per heavy atom. The highest BCUT2D eigenvalue weighted by atomic mass is 16.5. The summed E-state index contributed by atoms with van der Waals surface area (Å²) in [5.41, 5.74) is 6.27. The average molecular weight is 321 g/mol. The second-order valence-electron chi connectivity index (χ2n) is 6.07. The number of hydrogen-bond donors (Lipinski definition) is 0. The van der Waals surface area contributed by atoms with Crippen LogP contribution in [0.3, 0.4) is 0 Å². The molecule has 0 saturated carbocycles. The Morgan fingerprint density at radius 1 is 1.04 bits per heavy atom. The number of aryl methyl sites for hydroxylation is 3. The summed E-state index contributed by atoms with van der Waals surface area (Å²) in [7, 11) is 3.75. The van der Waals surface area contributed by atoms with Crippen LogP contribution >= 0.6 is 0 Å². The number of hydrogen-bond acceptors (Lipinski definition) is 4. The van der Waals surface area contributed by atoms with Gasteiger partial charge in [0.1, 0.15) is 5.75 Å². The summed E-state index contributed by atoms with van der Waals surface area (Å²) in [6.07, 6.45) is 2.04. The fourth-order valence-corrected chi connectivity index (χ4v) is 3.18. The van der Waals surface area contributed by atoms with Gasteiger partial charge in [0.15, 0.2) is 0 Å². The number of methoxy groups -OCH3 is 1. The zero-order valence-electron chi connectivity index (χ0n) is 14.5. The minimum atomic E-state index is 0.618. The van der Waals surface area contributed by atoms with E-state index in [1.807, 2.05) is 30.5 Å². The van der Waals surface area contributed by atoms with E-state index in [4.69, 9.17) is 9.72 Å². The van der Waals surface area contributed by atoms with Gasteiger partial charge in [0.25, 0.3) is 5.78 Å². The molecule has 122 valence electrons. The Hall–Kier alpha value is -2.89. The van der Waals surface area contributed by atoms with Gasteiger partial charge >= 0.3 is 0 Å². The van der Waals surface area contributed by atoms with Crippen LogP contribution in [-0.2, 0) is 7.05 Å². The first kappa shape index (κ1) is 14.7. The molecule has 1 aromatic carbocycles. The van der Waals surface area contributed by atoms with E-state index in [2.05, 4.69) is 40.9 Å². The Balaban J connectivity index is 2.06. The maximum Gasteiger partial charge on any atom is 0.254 e. The van der Waals surface area contributed by atoms with Gasteiger partial charge in [0.2, 0.25) is 0 Å². The molecule has 3 aromatic heterocycles. The van der Waals surface area contributed by atoms with Gasteiger partial charge in [-0.05, 0) is 39.0 Å². The maximum atomic E-state index is 5.40. The predicted octanol–water partition coefficient (Wildman–Crippen LogP) is 3.22. The van der Waals surface area contributed by atoms with Crippen molar-refractivity contribution >= 4 is 16.7 Å². The van der Waals surface area contributed by atoms with Crippen molar-refractivity contribution in [2.45, 2.75) is 20.8 Å². The fourth-order valence-electron chi connectivity index (χ4n) is 3.18. The molecule has 6 heteroatoms. The summed E-state index contributed by atoms with van der Waals surface area (Å²) in [6, 6.07) is 6.12. The lowest BCUT2D eigenvalue weighted by molar-refractivity contribution is 0.415. The maximum absolute atomic E-state index is 5.40. The molecular formula is C18H19N5O. The molecule has 3 heterocycles. The van der Waals surface area contributed by atoms with Gasteiger partial charge in [-0.15, -0.1) is 5.10 Å². The molecule has 0 saturated heterocycles. The number of ether oxygens (including phenoxy) is 1. The van der Waals surface area contributed by atoms with Gasteiger partial charge in [0.05, 0.1) is 18.5 Å². The van der Waals surface area contributed by atoms with Crippen LogP contribution in [0.1, 0.15) is 17.1 Å². The lowest BCUT2D eigenvalue weighted by Gasteiger charge is -2.01. The van der Waals surface area contributed by atoms with E-state index in [0.29, 0.717) is 5.78 Å². The van der Waals surface area contributed by atoms with Crippen molar-refractivity contribution in [1.29, 1.82) is 0 Å². The summed E-state index contributed by atoms with van der Waals surface area (Å²) >= 11 is 0. The van der Waals surface area contributed by atoms with Crippen LogP contribution in [-0.4, -0.2) is 31.3 Å². The van der Waals surface area contributed by atoms with E-state index >= 15 is 0 Å². The van der Waals surface area contributed by atoms with E-state index in [1.165, 1.54) is 0 Å². The Morgan fingerprint density at radius 3 is 2.58 bits per heavy atom. The molecule has 0 bridgehead atoms. The van der Waals surface area contributed by atoms with E-state index in [9.17, 15) is 0 Å². The largest absolute Gasteiger partial charge is 0.497 e. The number of benzene rings is 1.